The first-order chi connectivity index (χ1) is 8.18. The smallest absolute Gasteiger partial charge is 0.258 e. The Labute approximate surface area is 101 Å². The molecule has 0 saturated carbocycles. The Morgan fingerprint density at radius 3 is 3.06 bits per heavy atom. The SMILES string of the molecule is C/C(=N\NC(=O)C1C=NNC1=O)c1cccs1. The molecule has 0 aromatic carbocycles. The lowest BCUT2D eigenvalue weighted by Gasteiger charge is -2.03. The quantitative estimate of drug-likeness (QED) is 0.460. The molecule has 0 bridgehead atoms. The molecule has 1 aromatic heterocycles. The highest BCUT2D eigenvalue weighted by atomic mass is 32.1. The van der Waals surface area contributed by atoms with Gasteiger partial charge in [-0.25, -0.2) is 10.9 Å². The molecule has 2 N–H and O–H groups in total. The van der Waals surface area contributed by atoms with E-state index >= 15 is 0 Å². The molecule has 1 aliphatic rings. The molecule has 0 aliphatic carbocycles. The van der Waals surface area contributed by atoms with E-state index in [9.17, 15) is 9.59 Å². The van der Waals surface area contributed by atoms with E-state index in [4.69, 9.17) is 0 Å². The number of nitrogens with zero attached hydrogens (tertiary/aromatic N) is 2. The van der Waals surface area contributed by atoms with E-state index in [1.807, 2.05) is 17.5 Å². The lowest BCUT2D eigenvalue weighted by atomic mass is 10.1. The van der Waals surface area contributed by atoms with Gasteiger partial charge in [0.2, 0.25) is 0 Å². The first kappa shape index (κ1) is 11.5. The fraction of sp³-hybridized carbons (Fsp3) is 0.200. The molecule has 1 aromatic rings. The average Bonchev–Trinajstić information content (AvgIpc) is 2.95. The molecule has 2 heterocycles. The van der Waals surface area contributed by atoms with Gasteiger partial charge in [0.15, 0.2) is 5.92 Å². The maximum absolute atomic E-state index is 11.6. The van der Waals surface area contributed by atoms with Crippen molar-refractivity contribution in [2.24, 2.45) is 16.1 Å². The van der Waals surface area contributed by atoms with Crippen LogP contribution in [0.3, 0.4) is 0 Å². The lowest BCUT2D eigenvalue weighted by Crippen LogP contribution is -2.34. The van der Waals surface area contributed by atoms with E-state index in [0.717, 1.165) is 4.88 Å². The van der Waals surface area contributed by atoms with Crippen molar-refractivity contribution in [3.8, 4) is 0 Å². The summed E-state index contributed by atoms with van der Waals surface area (Å²) in [5.41, 5.74) is 5.23. The van der Waals surface area contributed by atoms with Gasteiger partial charge in [0.1, 0.15) is 0 Å². The third kappa shape index (κ3) is 2.56. The fourth-order valence-electron chi connectivity index (χ4n) is 1.25. The molecular formula is C10H10N4O2S. The van der Waals surface area contributed by atoms with Crippen LogP contribution in [0.4, 0.5) is 0 Å². The third-order valence-electron chi connectivity index (χ3n) is 2.17. The average molecular weight is 250 g/mol. The summed E-state index contributed by atoms with van der Waals surface area (Å²) in [6, 6.07) is 3.80. The summed E-state index contributed by atoms with van der Waals surface area (Å²) in [7, 11) is 0. The van der Waals surface area contributed by atoms with Crippen molar-refractivity contribution in [2.45, 2.75) is 6.92 Å². The molecule has 7 heteroatoms. The van der Waals surface area contributed by atoms with Crippen LogP contribution in [0.5, 0.6) is 0 Å². The highest BCUT2D eigenvalue weighted by Gasteiger charge is 2.28. The van der Waals surface area contributed by atoms with Crippen molar-refractivity contribution >= 4 is 35.1 Å². The Hall–Kier alpha value is -2.02. The van der Waals surface area contributed by atoms with Crippen molar-refractivity contribution in [1.29, 1.82) is 0 Å². The summed E-state index contributed by atoms with van der Waals surface area (Å²) in [6.07, 6.45) is 1.26. The number of amides is 2. The molecule has 0 spiro atoms. The van der Waals surface area contributed by atoms with Crippen LogP contribution in [0.1, 0.15) is 11.8 Å². The number of nitrogens with one attached hydrogen (secondary N) is 2. The zero-order valence-corrected chi connectivity index (χ0v) is 9.82. The van der Waals surface area contributed by atoms with Gasteiger partial charge in [-0.3, -0.25) is 9.59 Å². The van der Waals surface area contributed by atoms with Crippen LogP contribution in [0.25, 0.3) is 0 Å². The standard InChI is InChI=1S/C10H10N4O2S/c1-6(8-3-2-4-17-8)12-14-10(16)7-5-11-13-9(7)15/h2-5,7H,1H3,(H,13,15)(H,14,16)/b12-6+. The maximum Gasteiger partial charge on any atom is 0.258 e. The van der Waals surface area contributed by atoms with E-state index < -0.39 is 17.7 Å². The predicted octanol–water partition coefficient (Wildman–Crippen LogP) is 0.320. The van der Waals surface area contributed by atoms with E-state index in [-0.39, 0.29) is 0 Å². The van der Waals surface area contributed by atoms with Crippen LogP contribution in [0, 0.1) is 5.92 Å². The molecule has 1 unspecified atom stereocenters. The second kappa shape index (κ2) is 4.88. The summed E-state index contributed by atoms with van der Waals surface area (Å²) in [4.78, 5) is 23.7. The minimum absolute atomic E-state index is 0.438. The zero-order valence-electron chi connectivity index (χ0n) is 9.01. The molecule has 2 rings (SSSR count). The molecule has 0 fully saturated rings. The van der Waals surface area contributed by atoms with E-state index in [2.05, 4.69) is 21.1 Å². The van der Waals surface area contributed by atoms with Gasteiger partial charge in [-0.1, -0.05) is 6.07 Å². The Kier molecular flexibility index (Phi) is 3.29. The molecule has 0 saturated heterocycles. The first-order valence-corrected chi connectivity index (χ1v) is 5.77. The highest BCUT2D eigenvalue weighted by Crippen LogP contribution is 2.09. The van der Waals surface area contributed by atoms with E-state index in [0.29, 0.717) is 5.71 Å². The Morgan fingerprint density at radius 1 is 1.65 bits per heavy atom. The minimum Gasteiger partial charge on any atom is -0.272 e. The number of hydrogen-bond acceptors (Lipinski definition) is 5. The van der Waals surface area contributed by atoms with Crippen molar-refractivity contribution < 1.29 is 9.59 Å². The largest absolute Gasteiger partial charge is 0.272 e. The van der Waals surface area contributed by atoms with Gasteiger partial charge in [0, 0.05) is 11.1 Å². The third-order valence-corrected chi connectivity index (χ3v) is 3.15. The summed E-state index contributed by atoms with van der Waals surface area (Å²) in [5.74, 6) is -1.82. The Bertz CT molecular complexity index is 492. The molecular weight excluding hydrogens is 240 g/mol. The number of hydrogen-bond donors (Lipinski definition) is 2. The molecule has 1 aliphatic heterocycles. The molecule has 1 atom stereocenters. The molecule has 2 amide bonds. The predicted molar refractivity (Wildman–Crippen MR) is 64.8 cm³/mol. The van der Waals surface area contributed by atoms with Crippen LogP contribution in [-0.2, 0) is 9.59 Å². The molecule has 88 valence electrons. The number of carbonyl (C=O) groups excluding carboxylic acids is 2. The van der Waals surface area contributed by atoms with Crippen LogP contribution in [0.15, 0.2) is 27.7 Å². The monoisotopic (exact) mass is 250 g/mol. The second-order valence-electron chi connectivity index (χ2n) is 3.38. The summed E-state index contributed by atoms with van der Waals surface area (Å²) < 4.78 is 0. The molecule has 17 heavy (non-hydrogen) atoms. The maximum atomic E-state index is 11.6. The van der Waals surface area contributed by atoms with Crippen LogP contribution in [0.2, 0.25) is 0 Å². The number of rotatable bonds is 3. The summed E-state index contributed by atoms with van der Waals surface area (Å²) in [6.45, 7) is 1.79. The van der Waals surface area contributed by atoms with Gasteiger partial charge >= 0.3 is 0 Å². The van der Waals surface area contributed by atoms with Gasteiger partial charge in [0.05, 0.1) is 5.71 Å². The van der Waals surface area contributed by atoms with E-state index in [1.165, 1.54) is 17.6 Å². The fourth-order valence-corrected chi connectivity index (χ4v) is 1.92. The second-order valence-corrected chi connectivity index (χ2v) is 4.33. The van der Waals surface area contributed by atoms with Gasteiger partial charge < -0.3 is 0 Å². The highest BCUT2D eigenvalue weighted by molar-refractivity contribution is 7.12. The lowest BCUT2D eigenvalue weighted by molar-refractivity contribution is -0.131. The van der Waals surface area contributed by atoms with Gasteiger partial charge in [0.25, 0.3) is 11.8 Å². The normalized spacial score (nSPS) is 19.2. The van der Waals surface area contributed by atoms with Crippen LogP contribution < -0.4 is 10.9 Å². The van der Waals surface area contributed by atoms with Crippen molar-refractivity contribution in [3.63, 3.8) is 0 Å². The van der Waals surface area contributed by atoms with Crippen molar-refractivity contribution in [2.75, 3.05) is 0 Å². The topological polar surface area (TPSA) is 82.9 Å². The Balaban J connectivity index is 1.98. The number of hydrazone groups is 2. The van der Waals surface area contributed by atoms with Gasteiger partial charge in [-0.15, -0.1) is 11.3 Å². The van der Waals surface area contributed by atoms with Gasteiger partial charge in [-0.05, 0) is 18.4 Å². The van der Waals surface area contributed by atoms with Crippen LogP contribution >= 0.6 is 11.3 Å². The first-order valence-electron chi connectivity index (χ1n) is 4.89. The van der Waals surface area contributed by atoms with Crippen molar-refractivity contribution in [1.82, 2.24) is 10.9 Å². The summed E-state index contributed by atoms with van der Waals surface area (Å²) in [5, 5.41) is 9.37. The number of thiophene rings is 1. The molecule has 6 nitrogen and oxygen atoms in total. The zero-order chi connectivity index (χ0) is 12.3. The van der Waals surface area contributed by atoms with Crippen LogP contribution in [-0.4, -0.2) is 23.7 Å². The van der Waals surface area contributed by atoms with Crippen molar-refractivity contribution in [3.05, 3.63) is 22.4 Å². The molecule has 0 radical (unpaired) electrons. The Morgan fingerprint density at radius 2 is 2.47 bits per heavy atom. The van der Waals surface area contributed by atoms with Gasteiger partial charge in [-0.2, -0.15) is 10.2 Å². The summed E-state index contributed by atoms with van der Waals surface area (Å²) >= 11 is 1.53. The number of carbonyl (C=O) groups is 2. The minimum atomic E-state index is -0.894. The van der Waals surface area contributed by atoms with E-state index in [1.54, 1.807) is 6.92 Å².